The van der Waals surface area contributed by atoms with Gasteiger partial charge in [-0.15, -0.1) is 0 Å². The van der Waals surface area contributed by atoms with E-state index in [2.05, 4.69) is 18.8 Å². The van der Waals surface area contributed by atoms with E-state index in [1.165, 1.54) is 6.07 Å². The maximum Gasteiger partial charge on any atom is 0.146 e. The number of hydrogen-bond donors (Lipinski definition) is 1. The molecule has 0 saturated heterocycles. The second-order valence-corrected chi connectivity index (χ2v) is 3.73. The van der Waals surface area contributed by atoms with Crippen LogP contribution in [0.3, 0.4) is 0 Å². The highest BCUT2D eigenvalue weighted by Crippen LogP contribution is 2.20. The predicted octanol–water partition coefficient (Wildman–Crippen LogP) is 2.66. The van der Waals surface area contributed by atoms with Crippen LogP contribution in [0, 0.1) is 11.7 Å². The molecular weight excluding hydrogens is 179 g/mol. The monoisotopic (exact) mass is 196 g/mol. The Morgan fingerprint density at radius 2 is 2.29 bits per heavy atom. The van der Waals surface area contributed by atoms with Crippen molar-refractivity contribution in [3.05, 3.63) is 29.8 Å². The summed E-state index contributed by atoms with van der Waals surface area (Å²) in [5.74, 6) is 0.203. The van der Waals surface area contributed by atoms with E-state index in [4.69, 9.17) is 5.73 Å². The Morgan fingerprint density at radius 1 is 1.57 bits per heavy atom. The van der Waals surface area contributed by atoms with Gasteiger partial charge in [-0.25, -0.2) is 4.39 Å². The van der Waals surface area contributed by atoms with Crippen molar-refractivity contribution in [2.75, 3.05) is 0 Å². The zero-order valence-electron chi connectivity index (χ0n) is 8.70. The van der Waals surface area contributed by atoms with Crippen molar-refractivity contribution in [1.29, 1.82) is 0 Å². The van der Waals surface area contributed by atoms with Gasteiger partial charge in [0.1, 0.15) is 5.82 Å². The van der Waals surface area contributed by atoms with Crippen molar-refractivity contribution < 1.29 is 4.39 Å². The van der Waals surface area contributed by atoms with Gasteiger partial charge in [0.2, 0.25) is 0 Å². The second kappa shape index (κ2) is 5.05. The summed E-state index contributed by atoms with van der Waals surface area (Å²) >= 11 is 0. The van der Waals surface area contributed by atoms with E-state index < -0.39 is 0 Å². The van der Waals surface area contributed by atoms with Crippen molar-refractivity contribution in [1.82, 2.24) is 4.98 Å². The van der Waals surface area contributed by atoms with E-state index in [-0.39, 0.29) is 11.9 Å². The van der Waals surface area contributed by atoms with Crippen LogP contribution in [0.5, 0.6) is 0 Å². The predicted molar refractivity (Wildman–Crippen MR) is 55.2 cm³/mol. The van der Waals surface area contributed by atoms with Crippen LogP contribution in [-0.2, 0) is 0 Å². The van der Waals surface area contributed by atoms with Crippen LogP contribution in [0.15, 0.2) is 18.3 Å². The van der Waals surface area contributed by atoms with Crippen molar-refractivity contribution in [2.45, 2.75) is 32.7 Å². The fourth-order valence-electron chi connectivity index (χ4n) is 1.38. The third kappa shape index (κ3) is 2.77. The Hall–Kier alpha value is -0.960. The molecule has 1 rings (SSSR count). The largest absolute Gasteiger partial charge is 0.323 e. The molecule has 1 heterocycles. The van der Waals surface area contributed by atoms with E-state index in [0.717, 1.165) is 12.8 Å². The first-order valence-electron chi connectivity index (χ1n) is 5.01. The molecule has 0 spiro atoms. The van der Waals surface area contributed by atoms with Crippen LogP contribution in [0.1, 0.15) is 38.4 Å². The summed E-state index contributed by atoms with van der Waals surface area (Å²) in [5.41, 5.74) is 6.25. The first-order valence-corrected chi connectivity index (χ1v) is 5.01. The lowest BCUT2D eigenvalue weighted by Crippen LogP contribution is -2.16. The van der Waals surface area contributed by atoms with Crippen molar-refractivity contribution in [3.8, 4) is 0 Å². The van der Waals surface area contributed by atoms with Gasteiger partial charge in [0.15, 0.2) is 0 Å². The van der Waals surface area contributed by atoms with E-state index in [1.54, 1.807) is 12.3 Å². The van der Waals surface area contributed by atoms with Crippen LogP contribution >= 0.6 is 0 Å². The fraction of sp³-hybridized carbons (Fsp3) is 0.545. The molecule has 0 radical (unpaired) electrons. The molecule has 2 unspecified atom stereocenters. The number of pyridine rings is 1. The second-order valence-electron chi connectivity index (χ2n) is 3.73. The SMILES string of the molecule is CCC(C)CC(N)c1ncccc1F. The number of aromatic nitrogens is 1. The summed E-state index contributed by atoms with van der Waals surface area (Å²) in [4.78, 5) is 3.97. The number of nitrogens with two attached hydrogens (primary N) is 1. The van der Waals surface area contributed by atoms with Gasteiger partial charge < -0.3 is 5.73 Å². The summed E-state index contributed by atoms with van der Waals surface area (Å²) in [7, 11) is 0. The minimum absolute atomic E-state index is 0.286. The van der Waals surface area contributed by atoms with Crippen LogP contribution < -0.4 is 5.73 Å². The molecule has 1 aromatic heterocycles. The summed E-state index contributed by atoms with van der Waals surface area (Å²) < 4.78 is 13.3. The summed E-state index contributed by atoms with van der Waals surface area (Å²) in [6.07, 6.45) is 3.42. The Morgan fingerprint density at radius 3 is 2.86 bits per heavy atom. The quantitative estimate of drug-likeness (QED) is 0.804. The minimum Gasteiger partial charge on any atom is -0.323 e. The number of hydrogen-bond acceptors (Lipinski definition) is 2. The summed E-state index contributed by atoms with van der Waals surface area (Å²) in [6.45, 7) is 4.22. The average Bonchev–Trinajstić information content (AvgIpc) is 2.18. The Bertz CT molecular complexity index is 288. The van der Waals surface area contributed by atoms with Gasteiger partial charge in [0.05, 0.1) is 11.7 Å². The number of rotatable bonds is 4. The van der Waals surface area contributed by atoms with Gasteiger partial charge >= 0.3 is 0 Å². The molecule has 2 N–H and O–H groups in total. The first kappa shape index (κ1) is 11.1. The maximum absolute atomic E-state index is 13.3. The van der Waals surface area contributed by atoms with Gasteiger partial charge in [-0.05, 0) is 24.5 Å². The van der Waals surface area contributed by atoms with Crippen molar-refractivity contribution in [2.24, 2.45) is 11.7 Å². The molecule has 0 aliphatic heterocycles. The van der Waals surface area contributed by atoms with Crippen LogP contribution in [0.4, 0.5) is 4.39 Å². The minimum atomic E-state index is -0.302. The highest BCUT2D eigenvalue weighted by atomic mass is 19.1. The van der Waals surface area contributed by atoms with E-state index in [0.29, 0.717) is 11.6 Å². The first-order chi connectivity index (χ1) is 6.65. The summed E-state index contributed by atoms with van der Waals surface area (Å²) in [6, 6.07) is 2.69. The lowest BCUT2D eigenvalue weighted by molar-refractivity contribution is 0.442. The molecule has 0 amide bonds. The average molecular weight is 196 g/mol. The van der Waals surface area contributed by atoms with Gasteiger partial charge in [-0.3, -0.25) is 4.98 Å². The van der Waals surface area contributed by atoms with Crippen LogP contribution in [0.2, 0.25) is 0 Å². The molecule has 0 saturated carbocycles. The Labute approximate surface area is 84.3 Å². The zero-order valence-corrected chi connectivity index (χ0v) is 8.70. The molecule has 78 valence electrons. The topological polar surface area (TPSA) is 38.9 Å². The third-order valence-corrected chi connectivity index (χ3v) is 2.49. The van der Waals surface area contributed by atoms with Crippen molar-refractivity contribution in [3.63, 3.8) is 0 Å². The maximum atomic E-state index is 13.3. The molecule has 0 aliphatic carbocycles. The van der Waals surface area contributed by atoms with E-state index in [9.17, 15) is 4.39 Å². The molecule has 2 nitrogen and oxygen atoms in total. The highest BCUT2D eigenvalue weighted by Gasteiger charge is 2.14. The number of halogens is 1. The molecule has 3 heteroatoms. The van der Waals surface area contributed by atoms with Crippen LogP contribution in [0.25, 0.3) is 0 Å². The molecule has 0 bridgehead atoms. The van der Waals surface area contributed by atoms with Gasteiger partial charge in [-0.1, -0.05) is 20.3 Å². The lowest BCUT2D eigenvalue weighted by Gasteiger charge is -2.15. The fourth-order valence-corrected chi connectivity index (χ4v) is 1.38. The Balaban J connectivity index is 2.69. The molecular formula is C11H17FN2. The highest BCUT2D eigenvalue weighted by molar-refractivity contribution is 5.11. The third-order valence-electron chi connectivity index (χ3n) is 2.49. The van der Waals surface area contributed by atoms with E-state index in [1.807, 2.05) is 0 Å². The smallest absolute Gasteiger partial charge is 0.146 e. The molecule has 14 heavy (non-hydrogen) atoms. The standard InChI is InChI=1S/C11H17FN2/c1-3-8(2)7-10(13)11-9(12)5-4-6-14-11/h4-6,8,10H,3,7,13H2,1-2H3. The summed E-state index contributed by atoms with van der Waals surface area (Å²) in [5, 5.41) is 0. The molecule has 2 atom stereocenters. The zero-order chi connectivity index (χ0) is 10.6. The normalized spacial score (nSPS) is 15.1. The molecule has 0 aliphatic rings. The van der Waals surface area contributed by atoms with Crippen LogP contribution in [-0.4, -0.2) is 4.98 Å². The van der Waals surface area contributed by atoms with Gasteiger partial charge in [0.25, 0.3) is 0 Å². The van der Waals surface area contributed by atoms with Crippen molar-refractivity contribution >= 4 is 0 Å². The molecule has 1 aromatic rings. The van der Waals surface area contributed by atoms with Gasteiger partial charge in [-0.2, -0.15) is 0 Å². The molecule has 0 fully saturated rings. The number of nitrogens with zero attached hydrogens (tertiary/aromatic N) is 1. The van der Waals surface area contributed by atoms with E-state index >= 15 is 0 Å². The lowest BCUT2D eigenvalue weighted by atomic mass is 9.97. The Kier molecular flexibility index (Phi) is 4.01. The van der Waals surface area contributed by atoms with Gasteiger partial charge in [0, 0.05) is 6.20 Å². The molecule has 0 aromatic carbocycles.